The second kappa shape index (κ2) is 13.6. The number of nitrogens with zero attached hydrogens (tertiary/aromatic N) is 1. The second-order valence-electron chi connectivity index (χ2n) is 6.88. The lowest BCUT2D eigenvalue weighted by atomic mass is 10.1. The molecule has 33 heavy (non-hydrogen) atoms. The van der Waals surface area contributed by atoms with E-state index in [0.29, 0.717) is 37.5 Å². The molecule has 2 aromatic rings. The Morgan fingerprint density at radius 3 is 2.48 bits per heavy atom. The number of nitrogens with one attached hydrogen (secondary N) is 1. The maximum atomic E-state index is 12.3. The first-order valence-corrected chi connectivity index (χ1v) is 10.5. The van der Waals surface area contributed by atoms with E-state index in [9.17, 15) is 14.9 Å². The molecule has 0 spiro atoms. The van der Waals surface area contributed by atoms with Crippen LogP contribution in [-0.4, -0.2) is 45.9 Å². The summed E-state index contributed by atoms with van der Waals surface area (Å²) in [6, 6.07) is 14.2. The molecular formula is C25H28N2O6. The lowest BCUT2D eigenvalue weighted by Gasteiger charge is -2.10. The fraction of sp³-hybridized carbons (Fsp3) is 0.320. The minimum absolute atomic E-state index is 0.0618. The summed E-state index contributed by atoms with van der Waals surface area (Å²) < 4.78 is 21.1. The highest BCUT2D eigenvalue weighted by Crippen LogP contribution is 2.29. The third kappa shape index (κ3) is 8.31. The Morgan fingerprint density at radius 2 is 1.85 bits per heavy atom. The lowest BCUT2D eigenvalue weighted by Crippen LogP contribution is -2.27. The van der Waals surface area contributed by atoms with Crippen molar-refractivity contribution >= 4 is 18.0 Å². The minimum Gasteiger partial charge on any atom is -0.494 e. The van der Waals surface area contributed by atoms with Gasteiger partial charge in [-0.1, -0.05) is 18.2 Å². The van der Waals surface area contributed by atoms with E-state index in [2.05, 4.69) is 5.32 Å². The van der Waals surface area contributed by atoms with Gasteiger partial charge in [0.1, 0.15) is 17.4 Å². The van der Waals surface area contributed by atoms with E-state index in [1.54, 1.807) is 18.2 Å². The summed E-state index contributed by atoms with van der Waals surface area (Å²) in [5, 5.41) is 11.9. The monoisotopic (exact) mass is 452 g/mol. The first-order chi connectivity index (χ1) is 16.0. The fourth-order valence-corrected chi connectivity index (χ4v) is 2.87. The van der Waals surface area contributed by atoms with Crippen LogP contribution in [0.2, 0.25) is 0 Å². The molecule has 0 bridgehead atoms. The zero-order chi connectivity index (χ0) is 24.1. The van der Waals surface area contributed by atoms with Crippen LogP contribution in [0.4, 0.5) is 0 Å². The van der Waals surface area contributed by atoms with Gasteiger partial charge in [-0.25, -0.2) is 0 Å². The highest BCUT2D eigenvalue weighted by molar-refractivity contribution is 6.01. The van der Waals surface area contributed by atoms with Crippen LogP contribution in [0, 0.1) is 11.3 Å². The van der Waals surface area contributed by atoms with Crippen LogP contribution >= 0.6 is 0 Å². The van der Waals surface area contributed by atoms with Crippen molar-refractivity contribution in [3.63, 3.8) is 0 Å². The number of methoxy groups -OCH3 is 2. The van der Waals surface area contributed by atoms with Crippen LogP contribution in [0.15, 0.2) is 48.0 Å². The van der Waals surface area contributed by atoms with Gasteiger partial charge < -0.3 is 24.3 Å². The third-order valence-electron chi connectivity index (χ3n) is 4.53. The molecule has 0 unspecified atom stereocenters. The highest BCUT2D eigenvalue weighted by Gasteiger charge is 2.13. The summed E-state index contributed by atoms with van der Waals surface area (Å²) in [4.78, 5) is 24.4. The summed E-state index contributed by atoms with van der Waals surface area (Å²) in [6.07, 6.45) is 2.15. The van der Waals surface area contributed by atoms with Crippen LogP contribution in [0.25, 0.3) is 6.08 Å². The maximum Gasteiger partial charge on any atom is 0.311 e. The molecule has 0 saturated carbocycles. The standard InChI is InChI=1S/C25H28N2O6/c1-4-32-21-9-5-18(6-10-21)8-12-24(28)33-22-11-7-19(16-23(22)31-3)15-20(17-26)25(29)27-13-14-30-2/h5-7,9-11,15-16H,4,8,12-14H2,1-3H3,(H,27,29)/b20-15+. The molecular weight excluding hydrogens is 424 g/mol. The molecule has 1 amide bonds. The molecule has 8 nitrogen and oxygen atoms in total. The molecule has 0 aliphatic carbocycles. The number of aryl methyl sites for hydroxylation is 1. The molecule has 0 aliphatic heterocycles. The van der Waals surface area contributed by atoms with Gasteiger partial charge in [-0.3, -0.25) is 9.59 Å². The van der Waals surface area contributed by atoms with Gasteiger partial charge >= 0.3 is 5.97 Å². The van der Waals surface area contributed by atoms with Crippen LogP contribution < -0.4 is 19.5 Å². The summed E-state index contributed by atoms with van der Waals surface area (Å²) >= 11 is 0. The topological polar surface area (TPSA) is 107 Å². The average molecular weight is 453 g/mol. The normalized spacial score (nSPS) is 10.8. The number of esters is 1. The van der Waals surface area contributed by atoms with Crippen molar-refractivity contribution in [3.05, 3.63) is 59.2 Å². The van der Waals surface area contributed by atoms with Crippen molar-refractivity contribution in [2.75, 3.05) is 34.0 Å². The summed E-state index contributed by atoms with van der Waals surface area (Å²) in [6.45, 7) is 3.16. The Morgan fingerprint density at radius 1 is 1.09 bits per heavy atom. The van der Waals surface area contributed by atoms with E-state index in [1.165, 1.54) is 20.3 Å². The molecule has 0 aliphatic rings. The van der Waals surface area contributed by atoms with Crippen molar-refractivity contribution in [2.24, 2.45) is 0 Å². The van der Waals surface area contributed by atoms with Crippen LogP contribution in [0.5, 0.6) is 17.2 Å². The lowest BCUT2D eigenvalue weighted by molar-refractivity contribution is -0.134. The molecule has 0 fully saturated rings. The van der Waals surface area contributed by atoms with E-state index < -0.39 is 11.9 Å². The first kappa shape index (κ1) is 25.4. The number of carbonyl (C=O) groups is 2. The average Bonchev–Trinajstić information content (AvgIpc) is 2.83. The van der Waals surface area contributed by atoms with Gasteiger partial charge in [0.05, 0.1) is 20.3 Å². The number of benzene rings is 2. The SMILES string of the molecule is CCOc1ccc(CCC(=O)Oc2ccc(/C=C(\C#N)C(=O)NCCOC)cc2OC)cc1. The highest BCUT2D eigenvalue weighted by atomic mass is 16.6. The van der Waals surface area contributed by atoms with Crippen molar-refractivity contribution in [1.29, 1.82) is 5.26 Å². The van der Waals surface area contributed by atoms with Crippen molar-refractivity contribution < 1.29 is 28.5 Å². The number of carbonyl (C=O) groups excluding carboxylic acids is 2. The Kier molecular flexibility index (Phi) is 10.4. The van der Waals surface area contributed by atoms with Gasteiger partial charge in [-0.2, -0.15) is 5.26 Å². The fourth-order valence-electron chi connectivity index (χ4n) is 2.87. The van der Waals surface area contributed by atoms with E-state index in [-0.39, 0.29) is 17.7 Å². The Labute approximate surface area is 193 Å². The van der Waals surface area contributed by atoms with Crippen molar-refractivity contribution in [2.45, 2.75) is 19.8 Å². The summed E-state index contributed by atoms with van der Waals surface area (Å²) in [7, 11) is 2.97. The Bertz CT molecular complexity index is 1010. The van der Waals surface area contributed by atoms with Gasteiger partial charge in [0.2, 0.25) is 0 Å². The third-order valence-corrected chi connectivity index (χ3v) is 4.53. The minimum atomic E-state index is -0.502. The van der Waals surface area contributed by atoms with Crippen LogP contribution in [-0.2, 0) is 20.7 Å². The molecule has 8 heteroatoms. The zero-order valence-electron chi connectivity index (χ0n) is 19.1. The molecule has 0 heterocycles. The predicted molar refractivity (Wildman–Crippen MR) is 123 cm³/mol. The van der Waals surface area contributed by atoms with Crippen LogP contribution in [0.3, 0.4) is 0 Å². The number of hydrogen-bond donors (Lipinski definition) is 1. The maximum absolute atomic E-state index is 12.3. The first-order valence-electron chi connectivity index (χ1n) is 10.5. The number of amides is 1. The quantitative estimate of drug-likeness (QED) is 0.173. The molecule has 2 rings (SSSR count). The van der Waals surface area contributed by atoms with E-state index >= 15 is 0 Å². The van der Waals surface area contributed by atoms with Crippen molar-refractivity contribution in [3.8, 4) is 23.3 Å². The van der Waals surface area contributed by atoms with Gasteiger partial charge in [0, 0.05) is 20.1 Å². The molecule has 2 aromatic carbocycles. The Balaban J connectivity index is 2.01. The summed E-state index contributed by atoms with van der Waals surface area (Å²) in [5.74, 6) is 0.457. The van der Waals surface area contributed by atoms with Gasteiger partial charge in [-0.05, 0) is 54.8 Å². The zero-order valence-corrected chi connectivity index (χ0v) is 19.1. The van der Waals surface area contributed by atoms with Gasteiger partial charge in [0.25, 0.3) is 5.91 Å². The molecule has 0 saturated heterocycles. The molecule has 1 N–H and O–H groups in total. The van der Waals surface area contributed by atoms with Gasteiger partial charge in [-0.15, -0.1) is 0 Å². The predicted octanol–water partition coefficient (Wildman–Crippen LogP) is 3.30. The largest absolute Gasteiger partial charge is 0.494 e. The smallest absolute Gasteiger partial charge is 0.311 e. The molecule has 174 valence electrons. The Hall–Kier alpha value is -3.83. The molecule has 0 radical (unpaired) electrons. The van der Waals surface area contributed by atoms with E-state index in [1.807, 2.05) is 37.3 Å². The second-order valence-corrected chi connectivity index (χ2v) is 6.88. The number of ether oxygens (including phenoxy) is 4. The summed E-state index contributed by atoms with van der Waals surface area (Å²) in [5.41, 5.74) is 1.49. The number of nitriles is 1. The van der Waals surface area contributed by atoms with Crippen LogP contribution in [0.1, 0.15) is 24.5 Å². The van der Waals surface area contributed by atoms with E-state index in [0.717, 1.165) is 11.3 Å². The molecule has 0 aromatic heterocycles. The van der Waals surface area contributed by atoms with Crippen molar-refractivity contribution in [1.82, 2.24) is 5.32 Å². The van der Waals surface area contributed by atoms with Gasteiger partial charge in [0.15, 0.2) is 11.5 Å². The van der Waals surface area contributed by atoms with E-state index in [4.69, 9.17) is 18.9 Å². The number of rotatable bonds is 12. The number of hydrogen-bond acceptors (Lipinski definition) is 7. The molecule has 0 atom stereocenters.